The summed E-state index contributed by atoms with van der Waals surface area (Å²) >= 11 is 0. The number of ketones is 1. The number of nitriles is 1. The predicted molar refractivity (Wildman–Crippen MR) is 57.3 cm³/mol. The van der Waals surface area contributed by atoms with Crippen LogP contribution in [0.5, 0.6) is 5.75 Å². The van der Waals surface area contributed by atoms with Crippen molar-refractivity contribution in [2.24, 2.45) is 0 Å². The molecule has 0 unspecified atom stereocenters. The molecule has 1 aromatic carbocycles. The lowest BCUT2D eigenvalue weighted by atomic mass is 10.2. The molecule has 0 heterocycles. The first kappa shape index (κ1) is 11.0. The van der Waals surface area contributed by atoms with E-state index in [1.54, 1.807) is 12.1 Å². The Hall–Kier alpha value is -2.08. The quantitative estimate of drug-likeness (QED) is 0.701. The largest absolute Gasteiger partial charge is 0.478 e. The highest BCUT2D eigenvalue weighted by Crippen LogP contribution is 2.19. The Morgan fingerprint density at radius 2 is 2.27 bits per heavy atom. The number of hydrogen-bond donors (Lipinski definition) is 0. The van der Waals surface area contributed by atoms with Crippen LogP contribution in [-0.2, 0) is 4.79 Å². The maximum Gasteiger partial charge on any atom is 0.174 e. The molecule has 0 bridgehead atoms. The highest BCUT2D eigenvalue weighted by Gasteiger charge is 1.98. The highest BCUT2D eigenvalue weighted by molar-refractivity contribution is 5.91. The van der Waals surface area contributed by atoms with Crippen LogP contribution >= 0.6 is 0 Å². The molecule has 3 heteroatoms. The van der Waals surface area contributed by atoms with Gasteiger partial charge in [-0.05, 0) is 25.1 Å². The van der Waals surface area contributed by atoms with Gasteiger partial charge in [-0.15, -0.1) is 0 Å². The van der Waals surface area contributed by atoms with Gasteiger partial charge >= 0.3 is 0 Å². The van der Waals surface area contributed by atoms with E-state index in [9.17, 15) is 4.79 Å². The third kappa shape index (κ3) is 3.65. The van der Waals surface area contributed by atoms with Crippen molar-refractivity contribution in [2.75, 3.05) is 6.61 Å². The zero-order valence-corrected chi connectivity index (χ0v) is 8.43. The summed E-state index contributed by atoms with van der Waals surface area (Å²) in [5.41, 5.74) is 0.794. The van der Waals surface area contributed by atoms with Crippen LogP contribution in [0.25, 0.3) is 6.08 Å². The van der Waals surface area contributed by atoms with Crippen LogP contribution in [0.3, 0.4) is 0 Å². The molecule has 0 spiro atoms. The Bertz CT molecular complexity index is 416. The normalized spacial score (nSPS) is 9.87. The van der Waals surface area contributed by atoms with E-state index in [1.165, 1.54) is 13.0 Å². The number of benzene rings is 1. The minimum absolute atomic E-state index is 0.00489. The van der Waals surface area contributed by atoms with E-state index in [0.717, 1.165) is 5.56 Å². The zero-order valence-electron chi connectivity index (χ0n) is 8.43. The molecular weight excluding hydrogens is 190 g/mol. The second-order valence-corrected chi connectivity index (χ2v) is 2.93. The third-order valence-corrected chi connectivity index (χ3v) is 1.71. The molecule has 0 aliphatic carbocycles. The number of carbonyl (C=O) groups excluding carboxylic acids is 1. The fraction of sp³-hybridized carbons (Fsp3) is 0.167. The van der Waals surface area contributed by atoms with Crippen molar-refractivity contribution < 1.29 is 9.53 Å². The summed E-state index contributed by atoms with van der Waals surface area (Å²) in [6.07, 6.45) is 3.14. The van der Waals surface area contributed by atoms with Crippen LogP contribution in [-0.4, -0.2) is 12.4 Å². The Labute approximate surface area is 88.6 Å². The second-order valence-electron chi connectivity index (χ2n) is 2.93. The first-order valence-corrected chi connectivity index (χ1v) is 4.51. The highest BCUT2D eigenvalue weighted by atomic mass is 16.5. The van der Waals surface area contributed by atoms with E-state index in [1.807, 2.05) is 24.3 Å². The lowest BCUT2D eigenvalue weighted by Gasteiger charge is -2.04. The van der Waals surface area contributed by atoms with E-state index < -0.39 is 0 Å². The Morgan fingerprint density at radius 3 is 2.93 bits per heavy atom. The molecule has 76 valence electrons. The predicted octanol–water partition coefficient (Wildman–Crippen LogP) is 2.19. The lowest BCUT2D eigenvalue weighted by molar-refractivity contribution is -0.112. The first-order chi connectivity index (χ1) is 7.24. The maximum atomic E-state index is 10.8. The van der Waals surface area contributed by atoms with Gasteiger partial charge < -0.3 is 4.74 Å². The monoisotopic (exact) mass is 201 g/mol. The summed E-state index contributed by atoms with van der Waals surface area (Å²) in [5, 5.41) is 8.39. The maximum absolute atomic E-state index is 10.8. The van der Waals surface area contributed by atoms with Gasteiger partial charge in [-0.25, -0.2) is 0 Å². The van der Waals surface area contributed by atoms with Gasteiger partial charge in [0.1, 0.15) is 11.8 Å². The SMILES string of the molecule is CC(=O)C=Cc1ccccc1OCC#N. The van der Waals surface area contributed by atoms with Crippen molar-refractivity contribution in [3.05, 3.63) is 35.9 Å². The fourth-order valence-electron chi connectivity index (χ4n) is 1.07. The van der Waals surface area contributed by atoms with Gasteiger partial charge in [0.15, 0.2) is 12.4 Å². The topological polar surface area (TPSA) is 50.1 Å². The number of allylic oxidation sites excluding steroid dienone is 1. The number of para-hydroxylation sites is 1. The molecule has 0 saturated carbocycles. The van der Waals surface area contributed by atoms with Crippen LogP contribution < -0.4 is 4.74 Å². The van der Waals surface area contributed by atoms with Gasteiger partial charge in [-0.2, -0.15) is 5.26 Å². The van der Waals surface area contributed by atoms with E-state index in [2.05, 4.69) is 0 Å². The molecule has 0 radical (unpaired) electrons. The van der Waals surface area contributed by atoms with E-state index in [4.69, 9.17) is 10.00 Å². The van der Waals surface area contributed by atoms with Crippen LogP contribution in [0.1, 0.15) is 12.5 Å². The summed E-state index contributed by atoms with van der Waals surface area (Å²) in [7, 11) is 0. The minimum Gasteiger partial charge on any atom is -0.478 e. The van der Waals surface area contributed by atoms with Gasteiger partial charge in [0.05, 0.1) is 0 Å². The van der Waals surface area contributed by atoms with Crippen molar-refractivity contribution >= 4 is 11.9 Å². The average molecular weight is 201 g/mol. The molecule has 0 atom stereocenters. The fourth-order valence-corrected chi connectivity index (χ4v) is 1.07. The Kier molecular flexibility index (Phi) is 4.11. The second kappa shape index (κ2) is 5.61. The number of hydrogen-bond acceptors (Lipinski definition) is 3. The molecule has 0 saturated heterocycles. The van der Waals surface area contributed by atoms with Crippen LogP contribution in [0, 0.1) is 11.3 Å². The summed E-state index contributed by atoms with van der Waals surface area (Å²) in [5.74, 6) is 0.585. The van der Waals surface area contributed by atoms with E-state index in [-0.39, 0.29) is 12.4 Å². The van der Waals surface area contributed by atoms with Crippen LogP contribution in [0.2, 0.25) is 0 Å². The van der Waals surface area contributed by atoms with Crippen LogP contribution in [0.4, 0.5) is 0 Å². The molecule has 15 heavy (non-hydrogen) atoms. The lowest BCUT2D eigenvalue weighted by Crippen LogP contribution is -1.95. The molecule has 1 rings (SSSR count). The smallest absolute Gasteiger partial charge is 0.174 e. The molecule has 0 N–H and O–H groups in total. The number of ether oxygens (including phenoxy) is 1. The zero-order chi connectivity index (χ0) is 11.1. The van der Waals surface area contributed by atoms with Crippen molar-refractivity contribution in [1.29, 1.82) is 5.26 Å². The molecule has 0 aliphatic rings. The van der Waals surface area contributed by atoms with Crippen molar-refractivity contribution in [3.63, 3.8) is 0 Å². The molecular formula is C12H11NO2. The molecule has 0 amide bonds. The van der Waals surface area contributed by atoms with Gasteiger partial charge in [0, 0.05) is 5.56 Å². The molecule has 0 aromatic heterocycles. The summed E-state index contributed by atoms with van der Waals surface area (Å²) in [4.78, 5) is 10.8. The standard InChI is InChI=1S/C12H11NO2/c1-10(14)6-7-11-4-2-3-5-12(11)15-9-8-13/h2-7H,9H2,1H3. The third-order valence-electron chi connectivity index (χ3n) is 1.71. The van der Waals surface area contributed by atoms with Gasteiger partial charge in [-0.1, -0.05) is 18.2 Å². The van der Waals surface area contributed by atoms with Crippen molar-refractivity contribution in [1.82, 2.24) is 0 Å². The summed E-state index contributed by atoms with van der Waals surface area (Å²) in [6, 6.07) is 9.15. The molecule has 0 aliphatic heterocycles. The summed E-state index contributed by atoms with van der Waals surface area (Å²) < 4.78 is 5.19. The van der Waals surface area contributed by atoms with Crippen LogP contribution in [0.15, 0.2) is 30.3 Å². The first-order valence-electron chi connectivity index (χ1n) is 4.51. The van der Waals surface area contributed by atoms with E-state index in [0.29, 0.717) is 5.75 Å². The van der Waals surface area contributed by atoms with Crippen molar-refractivity contribution in [3.8, 4) is 11.8 Å². The Morgan fingerprint density at radius 1 is 1.53 bits per heavy atom. The van der Waals surface area contributed by atoms with Gasteiger partial charge in [0.2, 0.25) is 0 Å². The molecule has 0 fully saturated rings. The molecule has 3 nitrogen and oxygen atoms in total. The van der Waals surface area contributed by atoms with E-state index >= 15 is 0 Å². The summed E-state index contributed by atoms with van der Waals surface area (Å²) in [6.45, 7) is 1.49. The van der Waals surface area contributed by atoms with Crippen molar-refractivity contribution in [2.45, 2.75) is 6.92 Å². The molecule has 1 aromatic rings. The number of rotatable bonds is 4. The minimum atomic E-state index is -0.0231. The Balaban J connectivity index is 2.86. The number of carbonyl (C=O) groups is 1. The van der Waals surface area contributed by atoms with Gasteiger partial charge in [-0.3, -0.25) is 4.79 Å². The average Bonchev–Trinajstić information content (AvgIpc) is 2.24. The van der Waals surface area contributed by atoms with Gasteiger partial charge in [0.25, 0.3) is 0 Å². The number of nitrogens with zero attached hydrogens (tertiary/aromatic N) is 1.